The predicted molar refractivity (Wildman–Crippen MR) is 81.4 cm³/mol. The largest absolute Gasteiger partial charge is 0.342 e. The molecule has 0 aromatic carbocycles. The van der Waals surface area contributed by atoms with E-state index in [4.69, 9.17) is 0 Å². The fourth-order valence-corrected chi connectivity index (χ4v) is 2.43. The molecular weight excluding hydrogens is 280 g/mol. The zero-order valence-corrected chi connectivity index (χ0v) is 12.6. The van der Waals surface area contributed by atoms with E-state index in [0.717, 1.165) is 28.8 Å². The van der Waals surface area contributed by atoms with Crippen LogP contribution in [0.25, 0.3) is 0 Å². The first-order chi connectivity index (χ1) is 10.5. The van der Waals surface area contributed by atoms with Gasteiger partial charge in [0.1, 0.15) is 5.69 Å². The maximum atomic E-state index is 12.4. The molecule has 3 rings (SSSR count). The number of pyridine rings is 1. The van der Waals surface area contributed by atoms with Crippen molar-refractivity contribution >= 4 is 5.91 Å². The zero-order valence-electron chi connectivity index (χ0n) is 12.6. The van der Waals surface area contributed by atoms with Crippen LogP contribution in [0.3, 0.4) is 0 Å². The molecule has 6 nitrogen and oxygen atoms in total. The molecule has 0 aliphatic heterocycles. The summed E-state index contributed by atoms with van der Waals surface area (Å²) >= 11 is 0. The second-order valence-corrected chi connectivity index (χ2v) is 5.73. The van der Waals surface area contributed by atoms with Crippen molar-refractivity contribution in [1.82, 2.24) is 20.1 Å². The molecule has 6 heteroatoms. The van der Waals surface area contributed by atoms with Crippen LogP contribution in [-0.2, 0) is 7.05 Å². The lowest BCUT2D eigenvalue weighted by Crippen LogP contribution is -2.33. The van der Waals surface area contributed by atoms with Crippen LogP contribution in [0.15, 0.2) is 35.3 Å². The average molecular weight is 298 g/mol. The summed E-state index contributed by atoms with van der Waals surface area (Å²) in [6, 6.07) is 6.62. The highest BCUT2D eigenvalue weighted by atomic mass is 16.2. The quantitative estimate of drug-likeness (QED) is 0.924. The highest BCUT2D eigenvalue weighted by Gasteiger charge is 2.34. The molecule has 0 bridgehead atoms. The molecular formula is C16H18N4O2. The van der Waals surface area contributed by atoms with E-state index in [2.05, 4.69) is 15.4 Å². The van der Waals surface area contributed by atoms with Crippen LogP contribution in [0.4, 0.5) is 0 Å². The third kappa shape index (κ3) is 3.05. The van der Waals surface area contributed by atoms with E-state index in [-0.39, 0.29) is 23.2 Å². The average Bonchev–Trinajstić information content (AvgIpc) is 3.32. The van der Waals surface area contributed by atoms with Crippen molar-refractivity contribution in [1.29, 1.82) is 0 Å². The van der Waals surface area contributed by atoms with Gasteiger partial charge >= 0.3 is 0 Å². The third-order valence-corrected chi connectivity index (χ3v) is 3.83. The molecule has 22 heavy (non-hydrogen) atoms. The standard InChI is InChI=1S/C16H18N4O2/c1-10-7-8-17-13(9-10)15(11-3-4-11)18-16(22)12-5-6-14(21)20(2)19-12/h5-9,11,15H,3-4H2,1-2H3,(H,18,22)/t15-/m1/s1. The molecule has 2 heterocycles. The lowest BCUT2D eigenvalue weighted by molar-refractivity contribution is 0.0923. The van der Waals surface area contributed by atoms with Gasteiger partial charge in [-0.25, -0.2) is 4.68 Å². The van der Waals surface area contributed by atoms with Gasteiger partial charge in [-0.15, -0.1) is 0 Å². The van der Waals surface area contributed by atoms with Crippen molar-refractivity contribution in [3.8, 4) is 0 Å². The van der Waals surface area contributed by atoms with E-state index in [0.29, 0.717) is 5.92 Å². The summed E-state index contributed by atoms with van der Waals surface area (Å²) in [5.74, 6) is 0.140. The number of amides is 1. The molecule has 1 N–H and O–H groups in total. The monoisotopic (exact) mass is 298 g/mol. The minimum atomic E-state index is -0.282. The summed E-state index contributed by atoms with van der Waals surface area (Å²) in [4.78, 5) is 28.1. The second kappa shape index (κ2) is 5.71. The van der Waals surface area contributed by atoms with Gasteiger partial charge in [-0.1, -0.05) is 0 Å². The normalized spacial score (nSPS) is 15.4. The molecule has 1 saturated carbocycles. The van der Waals surface area contributed by atoms with Crippen LogP contribution in [0.1, 0.15) is 40.6 Å². The van der Waals surface area contributed by atoms with Crippen LogP contribution in [0.5, 0.6) is 0 Å². The van der Waals surface area contributed by atoms with Gasteiger partial charge < -0.3 is 5.32 Å². The molecule has 0 spiro atoms. The lowest BCUT2D eigenvalue weighted by atomic mass is 10.1. The number of hydrogen-bond acceptors (Lipinski definition) is 4. The Labute approximate surface area is 128 Å². The minimum absolute atomic E-state index is 0.105. The smallest absolute Gasteiger partial charge is 0.272 e. The molecule has 1 atom stereocenters. The van der Waals surface area contributed by atoms with Gasteiger partial charge in [0.05, 0.1) is 11.7 Å². The van der Waals surface area contributed by atoms with E-state index < -0.39 is 0 Å². The molecule has 0 radical (unpaired) electrons. The van der Waals surface area contributed by atoms with Crippen molar-refractivity contribution in [3.63, 3.8) is 0 Å². The topological polar surface area (TPSA) is 76.9 Å². The first-order valence-electron chi connectivity index (χ1n) is 7.32. The first-order valence-corrected chi connectivity index (χ1v) is 7.32. The molecule has 114 valence electrons. The Kier molecular flexibility index (Phi) is 3.75. The van der Waals surface area contributed by atoms with Crippen LogP contribution in [0.2, 0.25) is 0 Å². The summed E-state index contributed by atoms with van der Waals surface area (Å²) < 4.78 is 1.16. The van der Waals surface area contributed by atoms with Crippen molar-refractivity contribution in [2.45, 2.75) is 25.8 Å². The highest BCUT2D eigenvalue weighted by molar-refractivity contribution is 5.92. The Balaban J connectivity index is 1.83. The summed E-state index contributed by atoms with van der Waals surface area (Å²) in [7, 11) is 1.53. The maximum absolute atomic E-state index is 12.4. The molecule has 1 aliphatic carbocycles. The number of carbonyl (C=O) groups is 1. The fourth-order valence-electron chi connectivity index (χ4n) is 2.43. The van der Waals surface area contributed by atoms with Gasteiger partial charge in [0.2, 0.25) is 0 Å². The Morgan fingerprint density at radius 3 is 2.77 bits per heavy atom. The number of nitrogens with one attached hydrogen (secondary N) is 1. The number of rotatable bonds is 4. The fraction of sp³-hybridized carbons (Fsp3) is 0.375. The SMILES string of the molecule is Cc1ccnc([C@H](NC(=O)c2ccc(=O)n(C)n2)C2CC2)c1. The maximum Gasteiger partial charge on any atom is 0.272 e. The number of nitrogens with zero attached hydrogens (tertiary/aromatic N) is 3. The second-order valence-electron chi connectivity index (χ2n) is 5.73. The van der Waals surface area contributed by atoms with Crippen LogP contribution in [-0.4, -0.2) is 20.7 Å². The Morgan fingerprint density at radius 1 is 1.36 bits per heavy atom. The Hall–Kier alpha value is -2.50. The van der Waals surface area contributed by atoms with Gasteiger partial charge in [-0.05, 0) is 49.4 Å². The number of aromatic nitrogens is 3. The van der Waals surface area contributed by atoms with Crippen molar-refractivity contribution in [2.75, 3.05) is 0 Å². The van der Waals surface area contributed by atoms with Gasteiger partial charge in [-0.2, -0.15) is 5.10 Å². The molecule has 1 fully saturated rings. The molecule has 2 aromatic heterocycles. The van der Waals surface area contributed by atoms with E-state index in [1.807, 2.05) is 19.1 Å². The van der Waals surface area contributed by atoms with Crippen molar-refractivity contribution < 1.29 is 4.79 Å². The van der Waals surface area contributed by atoms with Gasteiger partial charge in [0.25, 0.3) is 11.5 Å². The van der Waals surface area contributed by atoms with Crippen LogP contribution < -0.4 is 10.9 Å². The number of hydrogen-bond donors (Lipinski definition) is 1. The Bertz CT molecular complexity index is 765. The van der Waals surface area contributed by atoms with Crippen LogP contribution in [0, 0.1) is 12.8 Å². The summed E-state index contributed by atoms with van der Waals surface area (Å²) in [6.07, 6.45) is 3.93. The van der Waals surface area contributed by atoms with E-state index in [9.17, 15) is 9.59 Å². The van der Waals surface area contributed by atoms with E-state index >= 15 is 0 Å². The molecule has 0 unspecified atom stereocenters. The van der Waals surface area contributed by atoms with Crippen molar-refractivity contribution in [2.24, 2.45) is 13.0 Å². The zero-order chi connectivity index (χ0) is 15.7. The number of aryl methyl sites for hydroxylation is 2. The third-order valence-electron chi connectivity index (χ3n) is 3.83. The molecule has 1 amide bonds. The van der Waals surface area contributed by atoms with E-state index in [1.54, 1.807) is 6.20 Å². The predicted octanol–water partition coefficient (Wildman–Crippen LogP) is 1.36. The van der Waals surface area contributed by atoms with Gasteiger partial charge in [0, 0.05) is 19.3 Å². The summed E-state index contributed by atoms with van der Waals surface area (Å²) in [5.41, 5.74) is 1.99. The molecule has 2 aromatic rings. The summed E-state index contributed by atoms with van der Waals surface area (Å²) in [5, 5.41) is 6.99. The first kappa shape index (κ1) is 14.4. The number of carbonyl (C=O) groups excluding carboxylic acids is 1. The van der Waals surface area contributed by atoms with E-state index in [1.165, 1.54) is 19.2 Å². The minimum Gasteiger partial charge on any atom is -0.342 e. The van der Waals surface area contributed by atoms with Gasteiger partial charge in [-0.3, -0.25) is 14.6 Å². The Morgan fingerprint density at radius 2 is 2.14 bits per heavy atom. The summed E-state index contributed by atoms with van der Waals surface area (Å²) in [6.45, 7) is 2.01. The molecule has 0 saturated heterocycles. The lowest BCUT2D eigenvalue weighted by Gasteiger charge is -2.18. The highest BCUT2D eigenvalue weighted by Crippen LogP contribution is 2.40. The van der Waals surface area contributed by atoms with Crippen LogP contribution >= 0.6 is 0 Å². The van der Waals surface area contributed by atoms with Crippen molar-refractivity contribution in [3.05, 3.63) is 57.8 Å². The van der Waals surface area contributed by atoms with Gasteiger partial charge in [0.15, 0.2) is 0 Å². The molecule has 1 aliphatic rings.